The lowest BCUT2D eigenvalue weighted by atomic mass is 9.83. The number of carbonyl (C=O) groups excluding carboxylic acids is 1. The lowest BCUT2D eigenvalue weighted by molar-refractivity contribution is -0.120. The highest BCUT2D eigenvalue weighted by Crippen LogP contribution is 2.36. The van der Waals surface area contributed by atoms with E-state index in [1.807, 2.05) is 30.3 Å². The molecule has 0 radical (unpaired) electrons. The minimum Gasteiger partial charge on any atom is -0.478 e. The van der Waals surface area contributed by atoms with Gasteiger partial charge in [0.1, 0.15) is 0 Å². The Morgan fingerprint density at radius 3 is 2.29 bits per heavy atom. The molecule has 1 fully saturated rings. The number of benzene rings is 2. The molecule has 1 aliphatic rings. The van der Waals surface area contributed by atoms with Gasteiger partial charge in [0.15, 0.2) is 0 Å². The van der Waals surface area contributed by atoms with E-state index in [0.29, 0.717) is 6.54 Å². The van der Waals surface area contributed by atoms with Gasteiger partial charge in [-0.3, -0.25) is 4.79 Å². The van der Waals surface area contributed by atoms with Crippen LogP contribution in [0.4, 0.5) is 0 Å². The first-order valence-electron chi connectivity index (χ1n) is 6.83. The summed E-state index contributed by atoms with van der Waals surface area (Å²) in [6.45, 7) is 0.605. The molecular formula is C17H15NO3. The van der Waals surface area contributed by atoms with E-state index >= 15 is 0 Å². The number of nitrogens with one attached hydrogen (secondary N) is 1. The highest BCUT2D eigenvalue weighted by molar-refractivity contribution is 5.89. The van der Waals surface area contributed by atoms with E-state index in [-0.39, 0.29) is 23.3 Å². The average Bonchev–Trinajstić information content (AvgIpc) is 2.90. The zero-order valence-electron chi connectivity index (χ0n) is 11.3. The zero-order valence-corrected chi connectivity index (χ0v) is 11.3. The average molecular weight is 281 g/mol. The van der Waals surface area contributed by atoms with Crippen LogP contribution in [0.15, 0.2) is 54.6 Å². The predicted octanol–water partition coefficient (Wildman–Crippen LogP) is 2.38. The first-order chi connectivity index (χ1) is 10.2. The zero-order chi connectivity index (χ0) is 14.8. The fourth-order valence-electron chi connectivity index (χ4n) is 2.85. The Kier molecular flexibility index (Phi) is 3.44. The Labute approximate surface area is 122 Å². The van der Waals surface area contributed by atoms with Gasteiger partial charge in [0, 0.05) is 12.5 Å². The van der Waals surface area contributed by atoms with Crippen LogP contribution in [0.3, 0.4) is 0 Å². The number of carboxylic acids is 1. The Morgan fingerprint density at radius 2 is 1.67 bits per heavy atom. The molecule has 2 aromatic carbocycles. The molecule has 3 rings (SSSR count). The summed E-state index contributed by atoms with van der Waals surface area (Å²) in [5.74, 6) is -1.16. The molecule has 21 heavy (non-hydrogen) atoms. The topological polar surface area (TPSA) is 66.4 Å². The van der Waals surface area contributed by atoms with Gasteiger partial charge in [-0.15, -0.1) is 0 Å². The quantitative estimate of drug-likeness (QED) is 0.907. The number of hydrogen-bond donors (Lipinski definition) is 2. The van der Waals surface area contributed by atoms with Gasteiger partial charge in [-0.1, -0.05) is 42.5 Å². The lowest BCUT2D eigenvalue weighted by Crippen LogP contribution is -2.18. The van der Waals surface area contributed by atoms with Gasteiger partial charge < -0.3 is 10.4 Å². The van der Waals surface area contributed by atoms with Crippen LogP contribution < -0.4 is 5.32 Å². The van der Waals surface area contributed by atoms with Crippen LogP contribution in [0.1, 0.15) is 33.3 Å². The molecule has 2 atom stereocenters. The molecule has 4 nitrogen and oxygen atoms in total. The maximum absolute atomic E-state index is 12.1. The maximum atomic E-state index is 12.1. The third-order valence-corrected chi connectivity index (χ3v) is 3.93. The van der Waals surface area contributed by atoms with Gasteiger partial charge >= 0.3 is 5.97 Å². The molecule has 1 unspecified atom stereocenters. The van der Waals surface area contributed by atoms with Crippen LogP contribution in [0, 0.1) is 0 Å². The van der Waals surface area contributed by atoms with Crippen molar-refractivity contribution in [3.05, 3.63) is 71.3 Å². The molecule has 0 aromatic heterocycles. The molecule has 1 saturated heterocycles. The summed E-state index contributed by atoms with van der Waals surface area (Å²) in [6, 6.07) is 16.5. The molecule has 0 aliphatic carbocycles. The second-order valence-corrected chi connectivity index (χ2v) is 5.17. The third kappa shape index (κ3) is 2.52. The number of rotatable bonds is 3. The van der Waals surface area contributed by atoms with E-state index in [2.05, 4.69) is 5.32 Å². The Hall–Kier alpha value is -2.62. The van der Waals surface area contributed by atoms with Crippen LogP contribution in [-0.4, -0.2) is 23.5 Å². The third-order valence-electron chi connectivity index (χ3n) is 3.93. The van der Waals surface area contributed by atoms with Crippen molar-refractivity contribution in [1.82, 2.24) is 5.32 Å². The molecule has 1 aliphatic heterocycles. The molecule has 1 amide bonds. The van der Waals surface area contributed by atoms with Gasteiger partial charge in [0.25, 0.3) is 0 Å². The highest BCUT2D eigenvalue weighted by Gasteiger charge is 2.36. The van der Waals surface area contributed by atoms with Gasteiger partial charge in [-0.25, -0.2) is 4.79 Å². The molecular weight excluding hydrogens is 266 g/mol. The first kappa shape index (κ1) is 13.4. The fraction of sp³-hybridized carbons (Fsp3) is 0.176. The highest BCUT2D eigenvalue weighted by atomic mass is 16.4. The SMILES string of the molecule is O=C(O)c1ccc([C@@H]2C(=O)NCC2c2ccccc2)cc1. The first-order valence-corrected chi connectivity index (χ1v) is 6.83. The van der Waals surface area contributed by atoms with Gasteiger partial charge in [-0.2, -0.15) is 0 Å². The summed E-state index contributed by atoms with van der Waals surface area (Å²) in [7, 11) is 0. The molecule has 0 bridgehead atoms. The van der Waals surface area contributed by atoms with Crippen molar-refractivity contribution in [2.75, 3.05) is 6.54 Å². The molecule has 106 valence electrons. The van der Waals surface area contributed by atoms with Crippen LogP contribution >= 0.6 is 0 Å². The maximum Gasteiger partial charge on any atom is 0.335 e. The summed E-state index contributed by atoms with van der Waals surface area (Å²) >= 11 is 0. The van der Waals surface area contributed by atoms with Crippen LogP contribution in [0.5, 0.6) is 0 Å². The van der Waals surface area contributed by atoms with Crippen molar-refractivity contribution >= 4 is 11.9 Å². The van der Waals surface area contributed by atoms with E-state index in [9.17, 15) is 9.59 Å². The monoisotopic (exact) mass is 281 g/mol. The van der Waals surface area contributed by atoms with E-state index in [1.165, 1.54) is 0 Å². The van der Waals surface area contributed by atoms with E-state index < -0.39 is 5.97 Å². The standard InChI is InChI=1S/C17H15NO3/c19-16-15(12-6-8-13(9-7-12)17(20)21)14(10-18-16)11-4-2-1-3-5-11/h1-9,14-15H,10H2,(H,18,19)(H,20,21)/t14?,15-/m0/s1. The smallest absolute Gasteiger partial charge is 0.335 e. The number of carbonyl (C=O) groups is 2. The van der Waals surface area contributed by atoms with Gasteiger partial charge in [0.2, 0.25) is 5.91 Å². The van der Waals surface area contributed by atoms with Crippen molar-refractivity contribution in [3.8, 4) is 0 Å². The van der Waals surface area contributed by atoms with Crippen molar-refractivity contribution in [2.24, 2.45) is 0 Å². The number of aromatic carboxylic acids is 1. The molecule has 0 saturated carbocycles. The Bertz CT molecular complexity index is 664. The summed E-state index contributed by atoms with van der Waals surface area (Å²) in [6.07, 6.45) is 0. The number of hydrogen-bond acceptors (Lipinski definition) is 2. The minimum absolute atomic E-state index is 0.00747. The van der Waals surface area contributed by atoms with Crippen LogP contribution in [0.2, 0.25) is 0 Å². The second-order valence-electron chi connectivity index (χ2n) is 5.17. The minimum atomic E-state index is -0.961. The summed E-state index contributed by atoms with van der Waals surface area (Å²) in [4.78, 5) is 23.1. The van der Waals surface area contributed by atoms with Crippen molar-refractivity contribution in [2.45, 2.75) is 11.8 Å². The lowest BCUT2D eigenvalue weighted by Gasteiger charge is -2.17. The summed E-state index contributed by atoms with van der Waals surface area (Å²) in [5, 5.41) is 11.8. The Balaban J connectivity index is 1.94. The van der Waals surface area contributed by atoms with E-state index in [1.54, 1.807) is 24.3 Å². The second kappa shape index (κ2) is 5.40. The van der Waals surface area contributed by atoms with Crippen molar-refractivity contribution in [1.29, 1.82) is 0 Å². The van der Waals surface area contributed by atoms with Crippen LogP contribution in [-0.2, 0) is 4.79 Å². The molecule has 2 N–H and O–H groups in total. The summed E-state index contributed by atoms with van der Waals surface area (Å²) in [5.41, 5.74) is 2.19. The number of amides is 1. The normalized spacial score (nSPS) is 21.0. The largest absolute Gasteiger partial charge is 0.478 e. The van der Waals surface area contributed by atoms with Crippen molar-refractivity contribution < 1.29 is 14.7 Å². The Morgan fingerprint density at radius 1 is 1.00 bits per heavy atom. The predicted molar refractivity (Wildman–Crippen MR) is 78.3 cm³/mol. The fourth-order valence-corrected chi connectivity index (χ4v) is 2.85. The molecule has 0 spiro atoms. The van der Waals surface area contributed by atoms with Crippen LogP contribution in [0.25, 0.3) is 0 Å². The van der Waals surface area contributed by atoms with E-state index in [0.717, 1.165) is 11.1 Å². The number of carboxylic acid groups (broad SMARTS) is 1. The molecule has 1 heterocycles. The summed E-state index contributed by atoms with van der Waals surface area (Å²) < 4.78 is 0. The molecule has 4 heteroatoms. The van der Waals surface area contributed by atoms with E-state index in [4.69, 9.17) is 5.11 Å². The van der Waals surface area contributed by atoms with Gasteiger partial charge in [-0.05, 0) is 23.3 Å². The van der Waals surface area contributed by atoms with Crippen molar-refractivity contribution in [3.63, 3.8) is 0 Å². The van der Waals surface area contributed by atoms with Gasteiger partial charge in [0.05, 0.1) is 11.5 Å². The molecule has 2 aromatic rings.